The quantitative estimate of drug-likeness (QED) is 0.599. The van der Waals surface area contributed by atoms with Crippen LogP contribution in [0.25, 0.3) is 0 Å². The van der Waals surface area contributed by atoms with Gasteiger partial charge in [0.05, 0.1) is 17.1 Å². The fourth-order valence-electron chi connectivity index (χ4n) is 2.12. The van der Waals surface area contributed by atoms with Crippen LogP contribution in [0.2, 0.25) is 0 Å². The molecule has 122 valence electrons. The summed E-state index contributed by atoms with van der Waals surface area (Å²) in [5, 5.41) is 2.58. The fourth-order valence-corrected chi connectivity index (χ4v) is 3.71. The highest BCUT2D eigenvalue weighted by atomic mass is 32.2. The van der Waals surface area contributed by atoms with Gasteiger partial charge in [0.2, 0.25) is 5.91 Å². The van der Waals surface area contributed by atoms with Crippen LogP contribution in [0.1, 0.15) is 5.69 Å². The summed E-state index contributed by atoms with van der Waals surface area (Å²) in [4.78, 5) is 19.7. The van der Waals surface area contributed by atoms with Crippen LogP contribution in [-0.2, 0) is 4.79 Å². The molecule has 1 heterocycles. The average molecular weight is 358 g/mol. The van der Waals surface area contributed by atoms with Crippen molar-refractivity contribution >= 4 is 39.8 Å². The Hall–Kier alpha value is -2.18. The van der Waals surface area contributed by atoms with Crippen molar-refractivity contribution < 1.29 is 9.18 Å². The van der Waals surface area contributed by atoms with E-state index in [9.17, 15) is 9.18 Å². The van der Waals surface area contributed by atoms with Gasteiger partial charge in [-0.25, -0.2) is 9.37 Å². The molecule has 3 nitrogen and oxygen atoms in total. The van der Waals surface area contributed by atoms with Crippen molar-refractivity contribution in [2.45, 2.75) is 11.8 Å². The molecule has 0 aliphatic rings. The average Bonchev–Trinajstić information content (AvgIpc) is 3.01. The maximum atomic E-state index is 13.0. The number of hydrogen-bond donors (Lipinski definition) is 0. The molecule has 1 aromatic heterocycles. The minimum absolute atomic E-state index is 0.0649. The van der Waals surface area contributed by atoms with E-state index in [1.54, 1.807) is 17.0 Å². The lowest BCUT2D eigenvalue weighted by atomic mass is 10.3. The fraction of sp³-hybridized carbons (Fsp3) is 0.111. The summed E-state index contributed by atoms with van der Waals surface area (Å²) in [6.07, 6.45) is 0. The zero-order valence-corrected chi connectivity index (χ0v) is 14.6. The van der Waals surface area contributed by atoms with Gasteiger partial charge in [-0.1, -0.05) is 18.2 Å². The molecule has 3 rings (SSSR count). The minimum Gasteiger partial charge on any atom is -0.273 e. The molecular weight excluding hydrogens is 343 g/mol. The highest BCUT2D eigenvalue weighted by molar-refractivity contribution is 8.00. The lowest BCUT2D eigenvalue weighted by Crippen LogP contribution is -2.27. The van der Waals surface area contributed by atoms with Crippen LogP contribution in [0.4, 0.5) is 15.2 Å². The number of thiazole rings is 1. The standard InChI is InChI=1S/C18H15FN2OS2/c1-13-11-24-18(20-13)21(15-5-3-2-4-6-15)17(22)12-23-16-9-7-14(19)8-10-16/h2-11H,12H2,1H3. The maximum absolute atomic E-state index is 13.0. The van der Waals surface area contributed by atoms with Crippen molar-refractivity contribution in [3.8, 4) is 0 Å². The third kappa shape index (κ3) is 4.01. The number of para-hydroxylation sites is 1. The van der Waals surface area contributed by atoms with Gasteiger partial charge < -0.3 is 0 Å². The van der Waals surface area contributed by atoms with Crippen LogP contribution in [0.15, 0.2) is 64.9 Å². The summed E-state index contributed by atoms with van der Waals surface area (Å²) < 4.78 is 13.0. The molecule has 0 unspecified atom stereocenters. The zero-order valence-electron chi connectivity index (χ0n) is 13.0. The van der Waals surface area contributed by atoms with E-state index in [1.165, 1.54) is 35.2 Å². The third-order valence-corrected chi connectivity index (χ3v) is 5.18. The number of hydrogen-bond acceptors (Lipinski definition) is 4. The number of carbonyl (C=O) groups excluding carboxylic acids is 1. The summed E-state index contributed by atoms with van der Waals surface area (Å²) in [5.41, 5.74) is 1.67. The number of thioether (sulfide) groups is 1. The normalized spacial score (nSPS) is 10.6. The molecule has 0 spiro atoms. The number of anilines is 2. The summed E-state index contributed by atoms with van der Waals surface area (Å²) in [5.74, 6) is -0.0983. The second-order valence-electron chi connectivity index (χ2n) is 5.08. The van der Waals surface area contributed by atoms with Crippen LogP contribution in [0, 0.1) is 12.7 Å². The lowest BCUT2D eigenvalue weighted by molar-refractivity contribution is -0.115. The molecule has 0 saturated carbocycles. The highest BCUT2D eigenvalue weighted by Crippen LogP contribution is 2.30. The van der Waals surface area contributed by atoms with Crippen molar-refractivity contribution in [3.05, 3.63) is 71.5 Å². The Morgan fingerprint density at radius 3 is 2.50 bits per heavy atom. The van der Waals surface area contributed by atoms with Crippen LogP contribution >= 0.6 is 23.1 Å². The number of benzene rings is 2. The summed E-state index contributed by atoms with van der Waals surface area (Å²) in [6.45, 7) is 1.90. The van der Waals surface area contributed by atoms with Gasteiger partial charge in [0.25, 0.3) is 0 Å². The Morgan fingerprint density at radius 1 is 1.17 bits per heavy atom. The minimum atomic E-state index is -0.283. The lowest BCUT2D eigenvalue weighted by Gasteiger charge is -2.19. The van der Waals surface area contributed by atoms with Gasteiger partial charge in [0.1, 0.15) is 5.82 Å². The molecule has 0 bridgehead atoms. The number of aromatic nitrogens is 1. The molecule has 24 heavy (non-hydrogen) atoms. The molecule has 1 amide bonds. The number of halogens is 1. The van der Waals surface area contributed by atoms with Crippen molar-refractivity contribution in [2.75, 3.05) is 10.7 Å². The highest BCUT2D eigenvalue weighted by Gasteiger charge is 2.20. The second-order valence-corrected chi connectivity index (χ2v) is 6.96. The number of rotatable bonds is 5. The molecule has 0 radical (unpaired) electrons. The largest absolute Gasteiger partial charge is 0.273 e. The number of nitrogens with zero attached hydrogens (tertiary/aromatic N) is 2. The number of aryl methyl sites for hydroxylation is 1. The molecular formula is C18H15FN2OS2. The van der Waals surface area contributed by atoms with E-state index in [1.807, 2.05) is 42.6 Å². The second kappa shape index (κ2) is 7.59. The molecule has 2 aromatic carbocycles. The van der Waals surface area contributed by atoms with E-state index in [-0.39, 0.29) is 17.5 Å². The third-order valence-electron chi connectivity index (χ3n) is 3.24. The molecule has 0 saturated heterocycles. The van der Waals surface area contributed by atoms with Crippen molar-refractivity contribution in [1.29, 1.82) is 0 Å². The van der Waals surface area contributed by atoms with E-state index < -0.39 is 0 Å². The van der Waals surface area contributed by atoms with E-state index in [0.29, 0.717) is 5.13 Å². The van der Waals surface area contributed by atoms with Gasteiger partial charge in [0.15, 0.2) is 5.13 Å². The first-order valence-corrected chi connectivity index (χ1v) is 9.18. The van der Waals surface area contributed by atoms with E-state index in [0.717, 1.165) is 16.3 Å². The topological polar surface area (TPSA) is 33.2 Å². The molecule has 0 aliphatic carbocycles. The SMILES string of the molecule is Cc1csc(N(C(=O)CSc2ccc(F)cc2)c2ccccc2)n1. The summed E-state index contributed by atoms with van der Waals surface area (Å²) in [7, 11) is 0. The number of amides is 1. The Balaban J connectivity index is 1.80. The first-order valence-electron chi connectivity index (χ1n) is 7.32. The van der Waals surface area contributed by atoms with Crippen LogP contribution in [-0.4, -0.2) is 16.6 Å². The van der Waals surface area contributed by atoms with Crippen molar-refractivity contribution in [3.63, 3.8) is 0 Å². The van der Waals surface area contributed by atoms with Gasteiger partial charge in [-0.2, -0.15) is 0 Å². The number of carbonyl (C=O) groups is 1. The van der Waals surface area contributed by atoms with Gasteiger partial charge >= 0.3 is 0 Å². The van der Waals surface area contributed by atoms with Gasteiger partial charge in [0, 0.05) is 10.3 Å². The molecule has 0 aliphatic heterocycles. The Bertz CT molecular complexity index is 819. The van der Waals surface area contributed by atoms with Crippen molar-refractivity contribution in [1.82, 2.24) is 4.98 Å². The molecule has 3 aromatic rings. The predicted molar refractivity (Wildman–Crippen MR) is 97.6 cm³/mol. The van der Waals surface area contributed by atoms with Gasteiger partial charge in [-0.05, 0) is 43.3 Å². The molecule has 6 heteroatoms. The predicted octanol–water partition coefficient (Wildman–Crippen LogP) is 5.05. The van der Waals surface area contributed by atoms with Crippen LogP contribution < -0.4 is 4.90 Å². The molecule has 0 fully saturated rings. The Morgan fingerprint density at radius 2 is 1.88 bits per heavy atom. The maximum Gasteiger partial charge on any atom is 0.243 e. The van der Waals surface area contributed by atoms with Gasteiger partial charge in [-0.15, -0.1) is 23.1 Å². The smallest absolute Gasteiger partial charge is 0.243 e. The van der Waals surface area contributed by atoms with E-state index >= 15 is 0 Å². The van der Waals surface area contributed by atoms with Crippen LogP contribution in [0.5, 0.6) is 0 Å². The first kappa shape index (κ1) is 16.7. The summed E-state index contributed by atoms with van der Waals surface area (Å²) >= 11 is 2.82. The Labute approximate surface area is 148 Å². The Kier molecular flexibility index (Phi) is 5.27. The first-order chi connectivity index (χ1) is 11.6. The molecule has 0 atom stereocenters. The van der Waals surface area contributed by atoms with E-state index in [2.05, 4.69) is 4.98 Å². The van der Waals surface area contributed by atoms with Crippen molar-refractivity contribution in [2.24, 2.45) is 0 Å². The van der Waals surface area contributed by atoms with Crippen LogP contribution in [0.3, 0.4) is 0 Å². The van der Waals surface area contributed by atoms with Gasteiger partial charge in [-0.3, -0.25) is 9.69 Å². The molecule has 0 N–H and O–H groups in total. The monoisotopic (exact) mass is 358 g/mol. The zero-order chi connectivity index (χ0) is 16.9. The van der Waals surface area contributed by atoms with E-state index in [4.69, 9.17) is 0 Å². The summed E-state index contributed by atoms with van der Waals surface area (Å²) in [6, 6.07) is 15.6.